The monoisotopic (exact) mass is 305 g/mol. The summed E-state index contributed by atoms with van der Waals surface area (Å²) in [5.74, 6) is -0.0185. The second-order valence-corrected chi connectivity index (χ2v) is 5.51. The molecule has 0 fully saturated rings. The van der Waals surface area contributed by atoms with Gasteiger partial charge in [-0.15, -0.1) is 0 Å². The van der Waals surface area contributed by atoms with Crippen LogP contribution in [0.1, 0.15) is 26.7 Å². The summed E-state index contributed by atoms with van der Waals surface area (Å²) in [4.78, 5) is 16.2. The molecule has 5 heteroatoms. The van der Waals surface area contributed by atoms with Crippen molar-refractivity contribution < 1.29 is 4.79 Å². The first-order chi connectivity index (χ1) is 10.1. The van der Waals surface area contributed by atoms with Gasteiger partial charge in [0, 0.05) is 17.6 Å². The molecule has 0 aliphatic rings. The Bertz CT molecular complexity index is 630. The highest BCUT2D eigenvalue weighted by atomic mass is 35.5. The zero-order valence-corrected chi connectivity index (χ0v) is 13.1. The van der Waals surface area contributed by atoms with Crippen molar-refractivity contribution in [1.82, 2.24) is 10.3 Å². The molecule has 0 bridgehead atoms. The zero-order valence-electron chi connectivity index (χ0n) is 12.3. The van der Waals surface area contributed by atoms with E-state index < -0.39 is 0 Å². The normalized spacial score (nSPS) is 12.1. The van der Waals surface area contributed by atoms with Crippen LogP contribution in [0, 0.1) is 0 Å². The van der Waals surface area contributed by atoms with Gasteiger partial charge in [-0.2, -0.15) is 0 Å². The van der Waals surface area contributed by atoms with Crippen molar-refractivity contribution in [3.05, 3.63) is 35.5 Å². The Morgan fingerprint density at radius 3 is 2.95 bits per heavy atom. The van der Waals surface area contributed by atoms with Crippen LogP contribution in [0.3, 0.4) is 0 Å². The number of fused-ring (bicyclic) bond motifs is 1. The Morgan fingerprint density at radius 2 is 2.19 bits per heavy atom. The second kappa shape index (κ2) is 7.27. The van der Waals surface area contributed by atoms with Crippen molar-refractivity contribution in [3.63, 3.8) is 0 Å². The maximum absolute atomic E-state index is 11.9. The molecule has 0 aliphatic heterocycles. The van der Waals surface area contributed by atoms with E-state index in [-0.39, 0.29) is 18.5 Å². The number of carbonyl (C=O) groups is 1. The lowest BCUT2D eigenvalue weighted by Gasteiger charge is -2.14. The van der Waals surface area contributed by atoms with Gasteiger partial charge in [-0.3, -0.25) is 9.78 Å². The lowest BCUT2D eigenvalue weighted by molar-refractivity contribution is -0.120. The maximum Gasteiger partial charge on any atom is 0.239 e. The molecule has 21 heavy (non-hydrogen) atoms. The van der Waals surface area contributed by atoms with Crippen LogP contribution in [0.5, 0.6) is 0 Å². The van der Waals surface area contributed by atoms with E-state index in [0.717, 1.165) is 29.4 Å². The number of benzene rings is 1. The van der Waals surface area contributed by atoms with Gasteiger partial charge < -0.3 is 10.6 Å². The average Bonchev–Trinajstić information content (AvgIpc) is 2.47. The third-order valence-electron chi connectivity index (χ3n) is 3.28. The number of amides is 1. The van der Waals surface area contributed by atoms with Crippen LogP contribution >= 0.6 is 11.6 Å². The Hall–Kier alpha value is -1.81. The molecule has 4 nitrogen and oxygen atoms in total. The predicted molar refractivity (Wildman–Crippen MR) is 87.8 cm³/mol. The fourth-order valence-electron chi connectivity index (χ4n) is 2.29. The minimum absolute atomic E-state index is 0.0185. The third kappa shape index (κ3) is 4.08. The molecule has 0 saturated heterocycles. The minimum Gasteiger partial charge on any atom is -0.374 e. The maximum atomic E-state index is 11.9. The summed E-state index contributed by atoms with van der Waals surface area (Å²) >= 11 is 6.15. The summed E-state index contributed by atoms with van der Waals surface area (Å²) in [5, 5.41) is 7.63. The predicted octanol–water partition coefficient (Wildman–Crippen LogP) is 3.60. The number of hydrogen-bond donors (Lipinski definition) is 2. The van der Waals surface area contributed by atoms with Crippen molar-refractivity contribution in [2.45, 2.75) is 32.7 Å². The van der Waals surface area contributed by atoms with Gasteiger partial charge >= 0.3 is 0 Å². The lowest BCUT2D eigenvalue weighted by atomic mass is 10.2. The molecule has 1 atom stereocenters. The molecule has 0 radical (unpaired) electrons. The number of nitrogens with zero attached hydrogens (tertiary/aromatic N) is 1. The van der Waals surface area contributed by atoms with Gasteiger partial charge in [-0.25, -0.2) is 0 Å². The molecule has 1 aromatic carbocycles. The first-order valence-electron chi connectivity index (χ1n) is 7.18. The molecule has 1 unspecified atom stereocenters. The molecule has 2 rings (SSSR count). The fourth-order valence-corrected chi connectivity index (χ4v) is 2.50. The van der Waals surface area contributed by atoms with Gasteiger partial charge in [0.25, 0.3) is 0 Å². The van der Waals surface area contributed by atoms with Crippen LogP contribution in [0.25, 0.3) is 10.9 Å². The molecule has 1 heterocycles. The van der Waals surface area contributed by atoms with Crippen molar-refractivity contribution in [2.24, 2.45) is 0 Å². The van der Waals surface area contributed by atoms with Gasteiger partial charge in [-0.1, -0.05) is 24.9 Å². The van der Waals surface area contributed by atoms with Crippen LogP contribution in [0.2, 0.25) is 5.02 Å². The average molecular weight is 306 g/mol. The van der Waals surface area contributed by atoms with Gasteiger partial charge in [0.2, 0.25) is 5.91 Å². The number of anilines is 1. The number of nitrogens with one attached hydrogen (secondary N) is 2. The molecule has 0 saturated carbocycles. The van der Waals surface area contributed by atoms with Crippen molar-refractivity contribution in [3.8, 4) is 0 Å². The summed E-state index contributed by atoms with van der Waals surface area (Å²) < 4.78 is 0. The van der Waals surface area contributed by atoms with E-state index >= 15 is 0 Å². The summed E-state index contributed by atoms with van der Waals surface area (Å²) in [6.45, 7) is 4.34. The number of carbonyl (C=O) groups excluding carboxylic acids is 1. The summed E-state index contributed by atoms with van der Waals surface area (Å²) in [6.07, 6.45) is 3.75. The highest BCUT2D eigenvalue weighted by Gasteiger charge is 2.09. The second-order valence-electron chi connectivity index (χ2n) is 5.11. The zero-order chi connectivity index (χ0) is 15.2. The van der Waals surface area contributed by atoms with E-state index in [9.17, 15) is 4.79 Å². The molecule has 0 aliphatic carbocycles. The van der Waals surface area contributed by atoms with Crippen molar-refractivity contribution in [2.75, 3.05) is 11.9 Å². The minimum atomic E-state index is -0.0185. The fraction of sp³-hybridized carbons (Fsp3) is 0.375. The Labute approximate surface area is 129 Å². The van der Waals surface area contributed by atoms with Crippen molar-refractivity contribution in [1.29, 1.82) is 0 Å². The smallest absolute Gasteiger partial charge is 0.239 e. The van der Waals surface area contributed by atoms with E-state index in [0.29, 0.717) is 5.02 Å². The van der Waals surface area contributed by atoms with Gasteiger partial charge in [0.1, 0.15) is 0 Å². The van der Waals surface area contributed by atoms with E-state index in [1.807, 2.05) is 31.2 Å². The molecule has 1 aromatic heterocycles. The quantitative estimate of drug-likeness (QED) is 0.857. The highest BCUT2D eigenvalue weighted by Crippen LogP contribution is 2.27. The number of pyridine rings is 1. The SMILES string of the molecule is CCCC(C)NC(=O)CNc1ccc(Cl)c2cccnc12. The summed E-state index contributed by atoms with van der Waals surface area (Å²) in [7, 11) is 0. The largest absolute Gasteiger partial charge is 0.374 e. The molecular weight excluding hydrogens is 286 g/mol. The highest BCUT2D eigenvalue weighted by molar-refractivity contribution is 6.35. The summed E-state index contributed by atoms with van der Waals surface area (Å²) in [5.41, 5.74) is 1.59. The van der Waals surface area contributed by atoms with Crippen LogP contribution in [0.4, 0.5) is 5.69 Å². The molecule has 0 spiro atoms. The molecule has 112 valence electrons. The van der Waals surface area contributed by atoms with E-state index in [4.69, 9.17) is 11.6 Å². The van der Waals surface area contributed by atoms with Gasteiger partial charge in [0.05, 0.1) is 22.8 Å². The summed E-state index contributed by atoms with van der Waals surface area (Å²) in [6, 6.07) is 7.62. The first kappa shape index (κ1) is 15.6. The van der Waals surface area contributed by atoms with Crippen molar-refractivity contribution >= 4 is 34.1 Å². The van der Waals surface area contributed by atoms with Gasteiger partial charge in [-0.05, 0) is 37.6 Å². The number of hydrogen-bond acceptors (Lipinski definition) is 3. The van der Waals surface area contributed by atoms with Crippen LogP contribution in [-0.4, -0.2) is 23.5 Å². The molecule has 2 aromatic rings. The number of aromatic nitrogens is 1. The number of halogens is 1. The topological polar surface area (TPSA) is 54.0 Å². The Balaban J connectivity index is 2.04. The molecule has 2 N–H and O–H groups in total. The van der Waals surface area contributed by atoms with E-state index in [1.165, 1.54) is 0 Å². The Kier molecular flexibility index (Phi) is 5.39. The van der Waals surface area contributed by atoms with E-state index in [2.05, 4.69) is 22.5 Å². The lowest BCUT2D eigenvalue weighted by Crippen LogP contribution is -2.36. The Morgan fingerprint density at radius 1 is 1.38 bits per heavy atom. The van der Waals surface area contributed by atoms with Gasteiger partial charge in [0.15, 0.2) is 0 Å². The third-order valence-corrected chi connectivity index (χ3v) is 3.61. The standard InChI is InChI=1S/C16H20ClN3O/c1-3-5-11(2)20-15(21)10-19-14-8-7-13(17)12-6-4-9-18-16(12)14/h4,6-9,11,19H,3,5,10H2,1-2H3,(H,20,21). The first-order valence-corrected chi connectivity index (χ1v) is 7.56. The molecular formula is C16H20ClN3O. The van der Waals surface area contributed by atoms with Crippen LogP contribution in [-0.2, 0) is 4.79 Å². The van der Waals surface area contributed by atoms with Crippen LogP contribution < -0.4 is 10.6 Å². The van der Waals surface area contributed by atoms with E-state index in [1.54, 1.807) is 6.20 Å². The number of rotatable bonds is 6. The molecule has 1 amide bonds. The van der Waals surface area contributed by atoms with Crippen LogP contribution in [0.15, 0.2) is 30.5 Å².